The molecule has 0 radical (unpaired) electrons. The molecule has 0 bridgehead atoms. The van der Waals surface area contributed by atoms with Crippen molar-refractivity contribution in [2.24, 2.45) is 5.92 Å². The number of nitrogens with zero attached hydrogens (tertiary/aromatic N) is 4. The van der Waals surface area contributed by atoms with Crippen molar-refractivity contribution in [3.05, 3.63) is 52.9 Å². The molecule has 2 aliphatic rings. The number of carboxylic acids is 1. The summed E-state index contributed by atoms with van der Waals surface area (Å²) in [6.07, 6.45) is -0.0753. The topological polar surface area (TPSA) is 149 Å². The zero-order valence-electron chi connectivity index (χ0n) is 29.3. The van der Waals surface area contributed by atoms with Crippen LogP contribution in [0.5, 0.6) is 5.88 Å². The Morgan fingerprint density at radius 2 is 1.98 bits per heavy atom. The van der Waals surface area contributed by atoms with Crippen LogP contribution in [0.1, 0.15) is 64.8 Å². The number of alkyl halides is 3. The number of rotatable bonds is 12. The number of para-hydroxylation sites is 1. The van der Waals surface area contributed by atoms with E-state index < -0.39 is 53.6 Å². The normalized spacial score (nSPS) is 22.6. The molecule has 6 rings (SSSR count). The molecular weight excluding hydrogens is 707 g/mol. The number of piperidine rings is 1. The Morgan fingerprint density at radius 3 is 2.71 bits per heavy atom. The van der Waals surface area contributed by atoms with Crippen molar-refractivity contribution in [3.63, 3.8) is 0 Å². The Kier molecular flexibility index (Phi) is 10.6. The van der Waals surface area contributed by atoms with Gasteiger partial charge in [-0.2, -0.15) is 8.78 Å². The summed E-state index contributed by atoms with van der Waals surface area (Å²) in [6.45, 7) is 7.73. The van der Waals surface area contributed by atoms with Gasteiger partial charge in [0, 0.05) is 43.5 Å². The predicted octanol–water partition coefficient (Wildman–Crippen LogP) is 6.60. The van der Waals surface area contributed by atoms with Crippen LogP contribution in [0.4, 0.5) is 19.0 Å². The molecule has 0 spiro atoms. The molecule has 2 saturated heterocycles. The Hall–Kier alpha value is -4.21. The maximum absolute atomic E-state index is 16.7. The Bertz CT molecular complexity index is 1960. The van der Waals surface area contributed by atoms with E-state index in [1.807, 2.05) is 19.1 Å². The van der Waals surface area contributed by atoms with Crippen molar-refractivity contribution in [2.45, 2.75) is 89.3 Å². The molecule has 12 nitrogen and oxygen atoms in total. The van der Waals surface area contributed by atoms with Crippen molar-refractivity contribution in [2.75, 3.05) is 31.1 Å². The zero-order chi connectivity index (χ0) is 37.4. The largest absolute Gasteiger partial charge is 0.477 e. The number of carbonyl (C=O) groups is 2. The first-order valence-corrected chi connectivity index (χ1v) is 17.5. The number of pyridine rings is 1. The van der Waals surface area contributed by atoms with E-state index in [0.717, 1.165) is 0 Å². The molecule has 0 saturated carbocycles. The summed E-state index contributed by atoms with van der Waals surface area (Å²) in [4.78, 5) is 40.1. The van der Waals surface area contributed by atoms with Crippen molar-refractivity contribution in [1.82, 2.24) is 20.3 Å². The summed E-state index contributed by atoms with van der Waals surface area (Å²) in [6, 6.07) is 7.83. The molecule has 0 amide bonds. The fourth-order valence-electron chi connectivity index (χ4n) is 6.63. The molecular formula is C36H41ClF3N5O7. The van der Waals surface area contributed by atoms with E-state index in [0.29, 0.717) is 29.6 Å². The number of carboxylic acid groups (broad SMARTS) is 1. The summed E-state index contributed by atoms with van der Waals surface area (Å²) in [5.41, 5.74) is -1.10. The number of aromatic nitrogens is 3. The first kappa shape index (κ1) is 37.5. The molecule has 2 fully saturated rings. The Morgan fingerprint density at radius 1 is 1.21 bits per heavy atom. The van der Waals surface area contributed by atoms with E-state index >= 15 is 4.39 Å². The molecule has 2 aliphatic heterocycles. The number of esters is 1. The van der Waals surface area contributed by atoms with Gasteiger partial charge < -0.3 is 34.0 Å². The van der Waals surface area contributed by atoms with Gasteiger partial charge in [0.15, 0.2) is 17.2 Å². The minimum absolute atomic E-state index is 0.0783. The van der Waals surface area contributed by atoms with Gasteiger partial charge in [0.2, 0.25) is 5.88 Å². The third-order valence-electron chi connectivity index (χ3n) is 9.23. The molecule has 52 heavy (non-hydrogen) atoms. The molecule has 0 unspecified atom stereocenters. The van der Waals surface area contributed by atoms with E-state index in [1.54, 1.807) is 43.9 Å². The van der Waals surface area contributed by atoms with E-state index in [9.17, 15) is 18.4 Å². The molecule has 2 N–H and O–H groups in total. The van der Waals surface area contributed by atoms with Gasteiger partial charge in [-0.1, -0.05) is 30.7 Å². The summed E-state index contributed by atoms with van der Waals surface area (Å²) in [5.74, 6) is -6.50. The molecule has 280 valence electrons. The number of benzene rings is 1. The summed E-state index contributed by atoms with van der Waals surface area (Å²) in [7, 11) is 0. The van der Waals surface area contributed by atoms with Crippen LogP contribution in [0.15, 0.2) is 40.9 Å². The SMILES string of the molecule is C[C@H]1CNCC[C@]1(F)c1cc(Cl)cnc1O[C@H]1C[C@@H](C(=O)OC(C)(C)C)N(c2nc(COCCCC(F)(F)C(=O)O)nc3c2oc2ccccc23)C1. The lowest BCUT2D eigenvalue weighted by Gasteiger charge is -2.37. The van der Waals surface area contributed by atoms with Gasteiger partial charge in [-0.25, -0.2) is 28.9 Å². The van der Waals surface area contributed by atoms with E-state index in [4.69, 9.17) is 40.3 Å². The highest BCUT2D eigenvalue weighted by Crippen LogP contribution is 2.45. The van der Waals surface area contributed by atoms with Crippen molar-refractivity contribution in [3.8, 4) is 5.88 Å². The molecule has 16 heteroatoms. The number of furan rings is 1. The van der Waals surface area contributed by atoms with Gasteiger partial charge in [-0.3, -0.25) is 0 Å². The third-order valence-corrected chi connectivity index (χ3v) is 9.43. The highest BCUT2D eigenvalue weighted by atomic mass is 35.5. The minimum atomic E-state index is -3.87. The second-order valence-electron chi connectivity index (χ2n) is 14.3. The molecule has 1 aromatic carbocycles. The summed E-state index contributed by atoms with van der Waals surface area (Å²) < 4.78 is 68.0. The minimum Gasteiger partial charge on any atom is -0.477 e. The lowest BCUT2D eigenvalue weighted by Crippen LogP contribution is -2.44. The average molecular weight is 748 g/mol. The van der Waals surface area contributed by atoms with Crippen LogP contribution in [0.3, 0.4) is 0 Å². The van der Waals surface area contributed by atoms with Crippen molar-refractivity contribution >= 4 is 51.4 Å². The van der Waals surface area contributed by atoms with Crippen LogP contribution >= 0.6 is 11.6 Å². The van der Waals surface area contributed by atoms with Gasteiger partial charge in [-0.05, 0) is 58.4 Å². The average Bonchev–Trinajstić information content (AvgIpc) is 3.67. The number of hydrogen-bond acceptors (Lipinski definition) is 11. The van der Waals surface area contributed by atoms with Crippen molar-refractivity contribution < 1.29 is 46.5 Å². The lowest BCUT2D eigenvalue weighted by molar-refractivity contribution is -0.166. The third kappa shape index (κ3) is 7.91. The fraction of sp³-hybridized carbons (Fsp3) is 0.528. The monoisotopic (exact) mass is 747 g/mol. The van der Waals surface area contributed by atoms with Crippen LogP contribution in [0.2, 0.25) is 5.02 Å². The van der Waals surface area contributed by atoms with Crippen LogP contribution in [-0.2, 0) is 31.3 Å². The second-order valence-corrected chi connectivity index (χ2v) is 14.7. The van der Waals surface area contributed by atoms with E-state index in [1.165, 1.54) is 6.20 Å². The number of halogens is 4. The Labute approximate surface area is 303 Å². The lowest BCUT2D eigenvalue weighted by atomic mass is 9.79. The zero-order valence-corrected chi connectivity index (χ0v) is 30.0. The number of ether oxygens (including phenoxy) is 3. The quantitative estimate of drug-likeness (QED) is 0.119. The highest BCUT2D eigenvalue weighted by molar-refractivity contribution is 6.30. The number of nitrogens with one attached hydrogen (secondary N) is 1. The Balaban J connectivity index is 1.35. The number of carbonyl (C=O) groups excluding carboxylic acids is 1. The number of anilines is 1. The van der Waals surface area contributed by atoms with E-state index in [2.05, 4.69) is 15.3 Å². The molecule has 4 atom stereocenters. The smallest absolute Gasteiger partial charge is 0.374 e. The molecule has 5 heterocycles. The predicted molar refractivity (Wildman–Crippen MR) is 185 cm³/mol. The summed E-state index contributed by atoms with van der Waals surface area (Å²) in [5, 5.41) is 12.9. The first-order valence-electron chi connectivity index (χ1n) is 17.1. The van der Waals surface area contributed by atoms with Gasteiger partial charge in [0.05, 0.1) is 17.1 Å². The van der Waals surface area contributed by atoms with Crippen LogP contribution < -0.4 is 15.0 Å². The summed E-state index contributed by atoms with van der Waals surface area (Å²) >= 11 is 6.32. The maximum atomic E-state index is 16.7. The van der Waals surface area contributed by atoms with Gasteiger partial charge >= 0.3 is 17.9 Å². The molecule has 4 aromatic rings. The van der Waals surface area contributed by atoms with Gasteiger partial charge in [0.1, 0.15) is 41.1 Å². The number of aliphatic carboxylic acids is 1. The van der Waals surface area contributed by atoms with Crippen LogP contribution in [-0.4, -0.2) is 81.9 Å². The van der Waals surface area contributed by atoms with Gasteiger partial charge in [0.25, 0.3) is 0 Å². The van der Waals surface area contributed by atoms with E-state index in [-0.39, 0.29) is 72.7 Å². The maximum Gasteiger partial charge on any atom is 0.374 e. The first-order chi connectivity index (χ1) is 24.6. The number of hydrogen-bond donors (Lipinski definition) is 2. The van der Waals surface area contributed by atoms with Crippen LogP contribution in [0, 0.1) is 5.92 Å². The fourth-order valence-corrected chi connectivity index (χ4v) is 6.79. The molecule has 3 aromatic heterocycles. The van der Waals surface area contributed by atoms with Crippen molar-refractivity contribution in [1.29, 1.82) is 0 Å². The second kappa shape index (κ2) is 14.7. The van der Waals surface area contributed by atoms with Crippen LogP contribution in [0.25, 0.3) is 22.1 Å². The standard InChI is InChI=1S/C36H41ClF3N5O7/c1-20-16-41-12-11-35(20,38)24-14-21(37)17-42-31(24)50-22-15-25(32(46)52-34(2,3)4)45(18-22)30-29-28(23-8-5-6-9-26(23)51-29)43-27(44-30)19-49-13-7-10-36(39,40)33(47)48/h5-6,8-9,14,17,20,22,25,41H,7,10-13,15-16,18-19H2,1-4H3,(H,47,48)/t20-,22-,25-,35+/m0/s1. The molecule has 0 aliphatic carbocycles. The van der Waals surface area contributed by atoms with Gasteiger partial charge in [-0.15, -0.1) is 0 Å². The highest BCUT2D eigenvalue weighted by Gasteiger charge is 2.46. The number of fused-ring (bicyclic) bond motifs is 3.